The first-order valence-electron chi connectivity index (χ1n) is 7.39. The van der Waals surface area contributed by atoms with Gasteiger partial charge < -0.3 is 20.1 Å². The number of hydrogen-bond acceptors (Lipinski definition) is 6. The van der Waals surface area contributed by atoms with E-state index in [1.165, 1.54) is 11.3 Å². The van der Waals surface area contributed by atoms with Gasteiger partial charge in [0, 0.05) is 24.4 Å². The second kappa shape index (κ2) is 6.72. The summed E-state index contributed by atoms with van der Waals surface area (Å²) in [7, 11) is 0. The minimum atomic E-state index is -0.697. The van der Waals surface area contributed by atoms with Crippen LogP contribution in [0.5, 0.6) is 0 Å². The first-order chi connectivity index (χ1) is 10.6. The quantitative estimate of drug-likeness (QED) is 0.808. The molecule has 1 saturated heterocycles. The van der Waals surface area contributed by atoms with Crippen LogP contribution in [0, 0.1) is 5.92 Å². The van der Waals surface area contributed by atoms with Crippen LogP contribution in [0.3, 0.4) is 0 Å². The molecule has 1 aromatic heterocycles. The molecule has 1 aliphatic carbocycles. The second-order valence-corrected chi connectivity index (χ2v) is 6.35. The number of carbonyl (C=O) groups is 2. The number of rotatable bonds is 3. The van der Waals surface area contributed by atoms with Gasteiger partial charge in [0.2, 0.25) is 5.91 Å². The van der Waals surface area contributed by atoms with Gasteiger partial charge in [-0.3, -0.25) is 9.59 Å². The number of aromatic nitrogens is 1. The highest BCUT2D eigenvalue weighted by Crippen LogP contribution is 2.28. The van der Waals surface area contributed by atoms with Crippen LogP contribution < -0.4 is 5.32 Å². The lowest BCUT2D eigenvalue weighted by Gasteiger charge is -2.29. The zero-order valence-electron chi connectivity index (χ0n) is 12.1. The van der Waals surface area contributed by atoms with Crippen LogP contribution in [0.25, 0.3) is 0 Å². The molecule has 2 N–H and O–H groups in total. The monoisotopic (exact) mass is 325 g/mol. The molecule has 0 radical (unpaired) electrons. The van der Waals surface area contributed by atoms with Crippen molar-refractivity contribution in [2.24, 2.45) is 5.92 Å². The van der Waals surface area contributed by atoms with Gasteiger partial charge in [-0.1, -0.05) is 0 Å². The van der Waals surface area contributed by atoms with Crippen LogP contribution in [0.2, 0.25) is 0 Å². The van der Waals surface area contributed by atoms with Gasteiger partial charge in [0.1, 0.15) is 5.69 Å². The molecule has 0 spiro atoms. The van der Waals surface area contributed by atoms with Crippen molar-refractivity contribution in [1.82, 2.24) is 15.2 Å². The maximum Gasteiger partial charge on any atom is 0.271 e. The maximum atomic E-state index is 12.4. The van der Waals surface area contributed by atoms with Crippen LogP contribution in [0.4, 0.5) is 0 Å². The molecule has 2 amide bonds. The smallest absolute Gasteiger partial charge is 0.271 e. The predicted octanol–water partition coefficient (Wildman–Crippen LogP) is -0.129. The van der Waals surface area contributed by atoms with Crippen LogP contribution in [-0.2, 0) is 9.53 Å². The Morgan fingerprint density at radius 3 is 2.82 bits per heavy atom. The number of aliphatic hydroxyl groups is 1. The Morgan fingerprint density at radius 2 is 2.14 bits per heavy atom. The minimum Gasteiger partial charge on any atom is -0.391 e. The van der Waals surface area contributed by atoms with Crippen LogP contribution in [0.15, 0.2) is 10.9 Å². The number of nitrogens with zero attached hydrogens (tertiary/aromatic N) is 2. The third-order valence-electron chi connectivity index (χ3n) is 4.18. The molecule has 8 heteroatoms. The molecule has 3 atom stereocenters. The van der Waals surface area contributed by atoms with E-state index in [0.717, 1.165) is 0 Å². The number of hydrogen-bond donors (Lipinski definition) is 2. The molecule has 1 aliphatic heterocycles. The van der Waals surface area contributed by atoms with Crippen molar-refractivity contribution < 1.29 is 19.4 Å². The van der Waals surface area contributed by atoms with E-state index >= 15 is 0 Å². The van der Waals surface area contributed by atoms with E-state index in [9.17, 15) is 14.7 Å². The van der Waals surface area contributed by atoms with E-state index in [1.807, 2.05) is 0 Å². The number of nitrogens with one attached hydrogen (secondary N) is 1. The van der Waals surface area contributed by atoms with E-state index in [1.54, 1.807) is 15.8 Å². The second-order valence-electron chi connectivity index (χ2n) is 5.63. The molecular weight excluding hydrogens is 306 g/mol. The summed E-state index contributed by atoms with van der Waals surface area (Å²) in [6.07, 6.45) is 0.156. The van der Waals surface area contributed by atoms with Crippen molar-refractivity contribution in [3.05, 3.63) is 16.6 Å². The third-order valence-corrected chi connectivity index (χ3v) is 4.77. The summed E-state index contributed by atoms with van der Waals surface area (Å²) >= 11 is 1.34. The van der Waals surface area contributed by atoms with E-state index in [-0.39, 0.29) is 17.7 Å². The summed E-state index contributed by atoms with van der Waals surface area (Å²) in [5.74, 6) is -0.494. The van der Waals surface area contributed by atoms with Gasteiger partial charge in [-0.2, -0.15) is 0 Å². The summed E-state index contributed by atoms with van der Waals surface area (Å²) in [5.41, 5.74) is 1.94. The Hall–Kier alpha value is -1.51. The summed E-state index contributed by atoms with van der Waals surface area (Å²) < 4.78 is 5.24. The van der Waals surface area contributed by atoms with Gasteiger partial charge in [-0.05, 0) is 12.8 Å². The lowest BCUT2D eigenvalue weighted by atomic mass is 10.1. The number of morpholine rings is 1. The fourth-order valence-corrected chi connectivity index (χ4v) is 3.51. The Morgan fingerprint density at radius 1 is 1.36 bits per heavy atom. The summed E-state index contributed by atoms with van der Waals surface area (Å²) in [6, 6.07) is -0.399. The Kier molecular flexibility index (Phi) is 4.70. The molecule has 1 saturated carbocycles. The Balaban J connectivity index is 1.57. The standard InChI is InChI=1S/C14H19N3O4S/c18-12-6-9(14(20)17-1-3-21-4-2-17)5-10(12)16-13(19)11-7-22-8-15-11/h7-10,12,18H,1-6H2,(H,16,19)/t9-,10+,12+/m0/s1. The molecule has 120 valence electrons. The lowest BCUT2D eigenvalue weighted by molar-refractivity contribution is -0.139. The molecule has 7 nitrogen and oxygen atoms in total. The van der Waals surface area contributed by atoms with Gasteiger partial charge in [0.15, 0.2) is 0 Å². The van der Waals surface area contributed by atoms with Crippen LogP contribution in [-0.4, -0.2) is 65.3 Å². The van der Waals surface area contributed by atoms with Crippen molar-refractivity contribution in [2.75, 3.05) is 26.3 Å². The average Bonchev–Trinajstić information content (AvgIpc) is 3.18. The average molecular weight is 325 g/mol. The van der Waals surface area contributed by atoms with Gasteiger partial charge in [0.05, 0.1) is 30.9 Å². The maximum absolute atomic E-state index is 12.4. The van der Waals surface area contributed by atoms with Crippen LogP contribution in [0.1, 0.15) is 23.3 Å². The third kappa shape index (κ3) is 3.29. The van der Waals surface area contributed by atoms with E-state index in [4.69, 9.17) is 4.74 Å². The van der Waals surface area contributed by atoms with E-state index < -0.39 is 12.1 Å². The summed E-state index contributed by atoms with van der Waals surface area (Å²) in [5, 5.41) is 14.6. The van der Waals surface area contributed by atoms with Crippen molar-refractivity contribution in [2.45, 2.75) is 25.0 Å². The number of aliphatic hydroxyl groups excluding tert-OH is 1. The number of carbonyl (C=O) groups excluding carboxylic acids is 2. The normalized spacial score (nSPS) is 28.6. The van der Waals surface area contributed by atoms with Crippen molar-refractivity contribution >= 4 is 23.2 Å². The molecule has 0 unspecified atom stereocenters. The largest absolute Gasteiger partial charge is 0.391 e. The molecule has 3 rings (SSSR count). The molecular formula is C14H19N3O4S. The van der Waals surface area contributed by atoms with Crippen molar-refractivity contribution in [1.29, 1.82) is 0 Å². The fraction of sp³-hybridized carbons (Fsp3) is 0.643. The van der Waals surface area contributed by atoms with Gasteiger partial charge in [-0.15, -0.1) is 11.3 Å². The lowest BCUT2D eigenvalue weighted by Crippen LogP contribution is -2.43. The number of amides is 2. The first kappa shape index (κ1) is 15.4. The van der Waals surface area contributed by atoms with Crippen molar-refractivity contribution in [3.8, 4) is 0 Å². The van der Waals surface area contributed by atoms with Gasteiger partial charge >= 0.3 is 0 Å². The molecule has 2 heterocycles. The topological polar surface area (TPSA) is 91.8 Å². The van der Waals surface area contributed by atoms with Crippen molar-refractivity contribution in [3.63, 3.8) is 0 Å². The van der Waals surface area contributed by atoms with Gasteiger partial charge in [0.25, 0.3) is 5.91 Å². The molecule has 0 aromatic carbocycles. The van der Waals surface area contributed by atoms with E-state index in [2.05, 4.69) is 10.3 Å². The zero-order valence-corrected chi connectivity index (χ0v) is 12.9. The molecule has 1 aromatic rings. The predicted molar refractivity (Wildman–Crippen MR) is 79.5 cm³/mol. The number of ether oxygens (including phenoxy) is 1. The zero-order chi connectivity index (χ0) is 15.5. The van der Waals surface area contributed by atoms with Gasteiger partial charge in [-0.25, -0.2) is 4.98 Å². The molecule has 0 bridgehead atoms. The Bertz CT molecular complexity index is 530. The highest BCUT2D eigenvalue weighted by molar-refractivity contribution is 7.07. The number of thiazole rings is 1. The molecule has 22 heavy (non-hydrogen) atoms. The minimum absolute atomic E-state index is 0.0488. The highest BCUT2D eigenvalue weighted by Gasteiger charge is 2.39. The molecule has 2 fully saturated rings. The summed E-state index contributed by atoms with van der Waals surface area (Å²) in [4.78, 5) is 30.2. The Labute approximate surface area is 132 Å². The summed E-state index contributed by atoms with van der Waals surface area (Å²) in [6.45, 7) is 2.32. The SMILES string of the molecule is O=C(N[C@@H]1C[C@H](C(=O)N2CCOCC2)C[C@H]1O)c1cscn1. The molecule has 2 aliphatic rings. The fourth-order valence-electron chi connectivity index (χ4n) is 2.98. The van der Waals surface area contributed by atoms with Crippen LogP contribution >= 0.6 is 11.3 Å². The highest BCUT2D eigenvalue weighted by atomic mass is 32.1. The van der Waals surface area contributed by atoms with E-state index in [0.29, 0.717) is 44.8 Å². The first-order valence-corrected chi connectivity index (χ1v) is 8.33.